The summed E-state index contributed by atoms with van der Waals surface area (Å²) in [6, 6.07) is 4.57. The molecule has 1 unspecified atom stereocenters. The Hall–Kier alpha value is -2.18. The van der Waals surface area contributed by atoms with Gasteiger partial charge in [0.15, 0.2) is 0 Å². The topological polar surface area (TPSA) is 106 Å². The highest BCUT2D eigenvalue weighted by atomic mass is 32.2. The molecule has 8 nitrogen and oxygen atoms in total. The number of hydrogen-bond acceptors (Lipinski definition) is 6. The summed E-state index contributed by atoms with van der Waals surface area (Å²) in [6.45, 7) is 0.913. The molecule has 1 saturated carbocycles. The molecule has 2 aromatic rings. The van der Waals surface area contributed by atoms with Crippen LogP contribution in [0.5, 0.6) is 0 Å². The van der Waals surface area contributed by atoms with Crippen molar-refractivity contribution in [3.8, 4) is 6.07 Å². The standard InChI is InChI=1S/C20H28N6O2S/c1-25(20-18-8-9-22-19(18)23-14-24-20)17-6-4-15(5-7-17)13-29(27,28)26-10-2-3-16(11-21)12-26/h8-9,14-17H,2-7,10,12-13H2,1H3,(H,22,23,24)/t15-,16?,17+. The predicted molar refractivity (Wildman–Crippen MR) is 112 cm³/mol. The number of sulfonamides is 1. The van der Waals surface area contributed by atoms with E-state index >= 15 is 0 Å². The lowest BCUT2D eigenvalue weighted by Crippen LogP contribution is -2.43. The monoisotopic (exact) mass is 416 g/mol. The van der Waals surface area contributed by atoms with E-state index in [1.165, 1.54) is 0 Å². The largest absolute Gasteiger partial charge is 0.356 e. The molecule has 4 rings (SSSR count). The number of nitriles is 1. The third kappa shape index (κ3) is 4.23. The van der Waals surface area contributed by atoms with Gasteiger partial charge in [0.1, 0.15) is 17.8 Å². The molecule has 1 aliphatic heterocycles. The first kappa shape index (κ1) is 20.1. The first-order valence-corrected chi connectivity index (χ1v) is 12.0. The van der Waals surface area contributed by atoms with Gasteiger partial charge in [0.05, 0.1) is 23.1 Å². The van der Waals surface area contributed by atoms with Crippen LogP contribution in [0.1, 0.15) is 38.5 Å². The number of nitrogens with one attached hydrogen (secondary N) is 1. The maximum Gasteiger partial charge on any atom is 0.214 e. The second-order valence-corrected chi connectivity index (χ2v) is 10.3. The highest BCUT2D eigenvalue weighted by molar-refractivity contribution is 7.89. The summed E-state index contributed by atoms with van der Waals surface area (Å²) in [5, 5.41) is 10.1. The van der Waals surface area contributed by atoms with E-state index in [0.717, 1.165) is 55.4 Å². The molecule has 0 aromatic carbocycles. The first-order valence-electron chi connectivity index (χ1n) is 10.4. The quantitative estimate of drug-likeness (QED) is 0.803. The van der Waals surface area contributed by atoms with E-state index in [1.807, 2.05) is 12.3 Å². The van der Waals surface area contributed by atoms with Crippen LogP contribution >= 0.6 is 0 Å². The molecule has 0 spiro atoms. The summed E-state index contributed by atoms with van der Waals surface area (Å²) in [6.07, 6.45) is 8.72. The number of anilines is 1. The van der Waals surface area contributed by atoms with Crippen LogP contribution in [0, 0.1) is 23.2 Å². The molecule has 9 heteroatoms. The second kappa shape index (κ2) is 8.28. The Bertz CT molecular complexity index is 990. The highest BCUT2D eigenvalue weighted by Gasteiger charge is 2.33. The molecule has 29 heavy (non-hydrogen) atoms. The molecule has 1 atom stereocenters. The SMILES string of the molecule is CN(c1ncnc2[nH]ccc12)[C@H]1CC[C@@H](CS(=O)(=O)N2CCCC(C#N)C2)CC1. The molecular weight excluding hydrogens is 388 g/mol. The molecule has 0 amide bonds. The van der Waals surface area contributed by atoms with E-state index in [4.69, 9.17) is 5.26 Å². The Kier molecular flexibility index (Phi) is 5.74. The number of piperidine rings is 1. The molecule has 1 aliphatic carbocycles. The van der Waals surface area contributed by atoms with Crippen molar-refractivity contribution < 1.29 is 8.42 Å². The fraction of sp³-hybridized carbons (Fsp3) is 0.650. The van der Waals surface area contributed by atoms with E-state index in [0.29, 0.717) is 19.1 Å². The Morgan fingerprint density at radius 1 is 1.28 bits per heavy atom. The summed E-state index contributed by atoms with van der Waals surface area (Å²) in [4.78, 5) is 14.1. The molecule has 2 aromatic heterocycles. The van der Waals surface area contributed by atoms with Crippen LogP contribution in [0.2, 0.25) is 0 Å². The number of aromatic nitrogens is 3. The van der Waals surface area contributed by atoms with Crippen LogP contribution in [0.3, 0.4) is 0 Å². The fourth-order valence-electron chi connectivity index (χ4n) is 4.72. The average molecular weight is 417 g/mol. The lowest BCUT2D eigenvalue weighted by atomic mass is 9.86. The Morgan fingerprint density at radius 2 is 2.07 bits per heavy atom. The Labute approximate surface area is 172 Å². The van der Waals surface area contributed by atoms with Crippen molar-refractivity contribution in [2.75, 3.05) is 30.8 Å². The number of nitrogens with zero attached hydrogens (tertiary/aromatic N) is 5. The molecule has 0 radical (unpaired) electrons. The zero-order valence-electron chi connectivity index (χ0n) is 16.8. The van der Waals surface area contributed by atoms with Gasteiger partial charge >= 0.3 is 0 Å². The fourth-order valence-corrected chi connectivity index (χ4v) is 6.67. The Balaban J connectivity index is 1.36. The summed E-state index contributed by atoms with van der Waals surface area (Å²) in [5.74, 6) is 1.14. The van der Waals surface area contributed by atoms with Gasteiger partial charge in [-0.1, -0.05) is 0 Å². The zero-order chi connectivity index (χ0) is 20.4. The maximum atomic E-state index is 12.9. The van der Waals surface area contributed by atoms with Crippen LogP contribution in [0.15, 0.2) is 18.6 Å². The molecule has 1 N–H and O–H groups in total. The van der Waals surface area contributed by atoms with Crippen molar-refractivity contribution in [1.29, 1.82) is 5.26 Å². The highest BCUT2D eigenvalue weighted by Crippen LogP contribution is 2.33. The number of hydrogen-bond donors (Lipinski definition) is 1. The number of H-pyrrole nitrogens is 1. The van der Waals surface area contributed by atoms with Gasteiger partial charge in [-0.25, -0.2) is 22.7 Å². The molecule has 0 bridgehead atoms. The van der Waals surface area contributed by atoms with Gasteiger partial charge in [0, 0.05) is 32.4 Å². The summed E-state index contributed by atoms with van der Waals surface area (Å²) >= 11 is 0. The van der Waals surface area contributed by atoms with Gasteiger partial charge in [-0.2, -0.15) is 5.26 Å². The van der Waals surface area contributed by atoms with E-state index in [-0.39, 0.29) is 17.6 Å². The maximum absolute atomic E-state index is 12.9. The van der Waals surface area contributed by atoms with E-state index in [1.54, 1.807) is 10.6 Å². The number of rotatable bonds is 5. The van der Waals surface area contributed by atoms with Crippen molar-refractivity contribution in [1.82, 2.24) is 19.3 Å². The molecule has 156 valence electrons. The van der Waals surface area contributed by atoms with Gasteiger partial charge in [-0.05, 0) is 50.5 Å². The minimum absolute atomic E-state index is 0.166. The second-order valence-electron chi connectivity index (χ2n) is 8.33. The molecule has 1 saturated heterocycles. The van der Waals surface area contributed by atoms with Gasteiger partial charge in [-0.3, -0.25) is 0 Å². The average Bonchev–Trinajstić information content (AvgIpc) is 3.22. The predicted octanol–water partition coefficient (Wildman–Crippen LogP) is 2.52. The van der Waals surface area contributed by atoms with Gasteiger partial charge < -0.3 is 9.88 Å². The summed E-state index contributed by atoms with van der Waals surface area (Å²) in [7, 11) is -1.23. The van der Waals surface area contributed by atoms with E-state index in [2.05, 4.69) is 33.0 Å². The lowest BCUT2D eigenvalue weighted by molar-refractivity contribution is 0.295. The smallest absolute Gasteiger partial charge is 0.214 e. The van der Waals surface area contributed by atoms with Crippen LogP contribution in [0.4, 0.5) is 5.82 Å². The molecule has 2 fully saturated rings. The van der Waals surface area contributed by atoms with Crippen molar-refractivity contribution in [2.24, 2.45) is 11.8 Å². The molecular formula is C20H28N6O2S. The summed E-state index contributed by atoms with van der Waals surface area (Å²) < 4.78 is 27.3. The van der Waals surface area contributed by atoms with Crippen molar-refractivity contribution in [3.05, 3.63) is 18.6 Å². The van der Waals surface area contributed by atoms with Crippen LogP contribution in [-0.2, 0) is 10.0 Å². The van der Waals surface area contributed by atoms with E-state index in [9.17, 15) is 8.42 Å². The number of fused-ring (bicyclic) bond motifs is 1. The van der Waals surface area contributed by atoms with E-state index < -0.39 is 10.0 Å². The van der Waals surface area contributed by atoms with Crippen LogP contribution in [-0.4, -0.2) is 59.6 Å². The van der Waals surface area contributed by atoms with Crippen LogP contribution < -0.4 is 4.90 Å². The van der Waals surface area contributed by atoms with Crippen LogP contribution in [0.25, 0.3) is 11.0 Å². The third-order valence-corrected chi connectivity index (χ3v) is 8.45. The van der Waals surface area contributed by atoms with Crippen molar-refractivity contribution in [2.45, 2.75) is 44.6 Å². The third-order valence-electron chi connectivity index (χ3n) is 6.44. The minimum Gasteiger partial charge on any atom is -0.356 e. The number of aromatic amines is 1. The van der Waals surface area contributed by atoms with Gasteiger partial charge in [0.2, 0.25) is 10.0 Å². The summed E-state index contributed by atoms with van der Waals surface area (Å²) in [5.41, 5.74) is 0.832. The van der Waals surface area contributed by atoms with Crippen molar-refractivity contribution in [3.63, 3.8) is 0 Å². The van der Waals surface area contributed by atoms with Gasteiger partial charge in [0.25, 0.3) is 0 Å². The molecule has 3 heterocycles. The normalized spacial score (nSPS) is 26.3. The lowest BCUT2D eigenvalue weighted by Gasteiger charge is -2.36. The van der Waals surface area contributed by atoms with Gasteiger partial charge in [-0.15, -0.1) is 0 Å². The van der Waals surface area contributed by atoms with Crippen molar-refractivity contribution >= 4 is 26.9 Å². The molecule has 2 aliphatic rings. The minimum atomic E-state index is -3.29. The Morgan fingerprint density at radius 3 is 2.83 bits per heavy atom. The first-order chi connectivity index (χ1) is 14.0. The zero-order valence-corrected chi connectivity index (χ0v) is 17.6.